The lowest BCUT2D eigenvalue weighted by atomic mass is 10.1. The minimum absolute atomic E-state index is 0.214. The highest BCUT2D eigenvalue weighted by molar-refractivity contribution is 7.92. The summed E-state index contributed by atoms with van der Waals surface area (Å²) >= 11 is 0. The number of aryl methyl sites for hydroxylation is 1. The molecule has 0 bridgehead atoms. The lowest BCUT2D eigenvalue weighted by Crippen LogP contribution is -2.29. The van der Waals surface area contributed by atoms with Gasteiger partial charge in [-0.1, -0.05) is 19.1 Å². The van der Waals surface area contributed by atoms with Crippen LogP contribution in [0, 0.1) is 0 Å². The molecule has 0 aromatic heterocycles. The van der Waals surface area contributed by atoms with Crippen molar-refractivity contribution in [1.82, 2.24) is 5.32 Å². The van der Waals surface area contributed by atoms with Crippen molar-refractivity contribution < 1.29 is 8.42 Å². The Labute approximate surface area is 128 Å². The number of hydrogen-bond acceptors (Lipinski definition) is 3. The highest BCUT2D eigenvalue weighted by atomic mass is 32.2. The molecule has 1 saturated carbocycles. The van der Waals surface area contributed by atoms with Crippen molar-refractivity contribution in [3.05, 3.63) is 29.8 Å². The number of hydrogen-bond donors (Lipinski definition) is 1. The summed E-state index contributed by atoms with van der Waals surface area (Å²) in [4.78, 5) is 0. The number of nitrogens with one attached hydrogen (secondary N) is 1. The van der Waals surface area contributed by atoms with Gasteiger partial charge in [-0.05, 0) is 56.3 Å². The first kappa shape index (κ1) is 16.3. The fourth-order valence-electron chi connectivity index (χ4n) is 2.24. The van der Waals surface area contributed by atoms with E-state index in [1.165, 1.54) is 22.7 Å². The maximum Gasteiger partial charge on any atom is 0.234 e. The van der Waals surface area contributed by atoms with Gasteiger partial charge in [0.2, 0.25) is 10.0 Å². The highest BCUT2D eigenvalue weighted by Crippen LogP contribution is 2.19. The van der Waals surface area contributed by atoms with E-state index in [2.05, 4.69) is 12.2 Å². The number of anilines is 1. The van der Waals surface area contributed by atoms with E-state index in [1.54, 1.807) is 7.05 Å². The minimum atomic E-state index is -3.21. The van der Waals surface area contributed by atoms with Crippen LogP contribution in [0.15, 0.2) is 24.3 Å². The summed E-state index contributed by atoms with van der Waals surface area (Å²) < 4.78 is 26.0. The van der Waals surface area contributed by atoms with Gasteiger partial charge < -0.3 is 5.32 Å². The van der Waals surface area contributed by atoms with Crippen molar-refractivity contribution in [1.29, 1.82) is 0 Å². The molecule has 2 rings (SSSR count). The predicted octanol–water partition coefficient (Wildman–Crippen LogP) is 2.55. The molecule has 0 radical (unpaired) electrons. The molecule has 0 aliphatic heterocycles. The van der Waals surface area contributed by atoms with Crippen molar-refractivity contribution >= 4 is 15.7 Å². The molecule has 1 aliphatic carbocycles. The summed E-state index contributed by atoms with van der Waals surface area (Å²) in [7, 11) is -1.57. The Morgan fingerprint density at radius 3 is 2.43 bits per heavy atom. The smallest absolute Gasteiger partial charge is 0.234 e. The molecule has 0 atom stereocenters. The van der Waals surface area contributed by atoms with Crippen molar-refractivity contribution in [2.45, 2.75) is 45.1 Å². The first-order valence-electron chi connectivity index (χ1n) is 7.82. The maximum atomic E-state index is 12.3. The molecule has 0 spiro atoms. The van der Waals surface area contributed by atoms with Crippen LogP contribution in [0.4, 0.5) is 5.69 Å². The molecule has 0 heterocycles. The number of unbranched alkanes of at least 4 members (excludes halogenated alkanes) is 1. The van der Waals surface area contributed by atoms with Gasteiger partial charge in [0.15, 0.2) is 0 Å². The van der Waals surface area contributed by atoms with Gasteiger partial charge in [-0.25, -0.2) is 8.42 Å². The number of nitrogens with zero attached hydrogens (tertiary/aromatic N) is 1. The zero-order valence-electron chi connectivity index (χ0n) is 13.0. The van der Waals surface area contributed by atoms with Crippen molar-refractivity contribution in [2.75, 3.05) is 23.7 Å². The first-order chi connectivity index (χ1) is 10.0. The van der Waals surface area contributed by atoms with Crippen LogP contribution in [-0.4, -0.2) is 33.8 Å². The van der Waals surface area contributed by atoms with E-state index in [9.17, 15) is 8.42 Å². The van der Waals surface area contributed by atoms with E-state index >= 15 is 0 Å². The SMILES string of the molecule is CCc1ccc(N(C)S(=O)(=O)CCCCNC2CC2)cc1. The molecule has 5 heteroatoms. The fourth-order valence-corrected chi connectivity index (χ4v) is 3.53. The van der Waals surface area contributed by atoms with Crippen LogP contribution in [0.3, 0.4) is 0 Å². The van der Waals surface area contributed by atoms with E-state index in [4.69, 9.17) is 0 Å². The summed E-state index contributed by atoms with van der Waals surface area (Å²) in [5, 5.41) is 3.41. The van der Waals surface area contributed by atoms with Crippen LogP contribution in [-0.2, 0) is 16.4 Å². The van der Waals surface area contributed by atoms with Crippen LogP contribution in [0.2, 0.25) is 0 Å². The molecule has 4 nitrogen and oxygen atoms in total. The molecule has 0 amide bonds. The van der Waals surface area contributed by atoms with Gasteiger partial charge in [0.05, 0.1) is 11.4 Å². The van der Waals surface area contributed by atoms with E-state index < -0.39 is 10.0 Å². The Bertz CT molecular complexity index is 536. The Kier molecular flexibility index (Phi) is 5.65. The summed E-state index contributed by atoms with van der Waals surface area (Å²) in [6.07, 6.45) is 5.13. The zero-order chi connectivity index (χ0) is 15.3. The van der Waals surface area contributed by atoms with Gasteiger partial charge in [0.1, 0.15) is 0 Å². The Hall–Kier alpha value is -1.07. The Morgan fingerprint density at radius 2 is 1.86 bits per heavy atom. The van der Waals surface area contributed by atoms with Gasteiger partial charge in [-0.3, -0.25) is 4.31 Å². The van der Waals surface area contributed by atoms with Crippen LogP contribution in [0.25, 0.3) is 0 Å². The van der Waals surface area contributed by atoms with Crippen LogP contribution in [0.1, 0.15) is 38.2 Å². The Balaban J connectivity index is 1.81. The standard InChI is InChI=1S/C16H26N2O2S/c1-3-14-6-10-16(11-7-14)18(2)21(19,20)13-5-4-12-17-15-8-9-15/h6-7,10-11,15,17H,3-5,8-9,12-13H2,1-2H3. The molecular weight excluding hydrogens is 284 g/mol. The van der Waals surface area contributed by atoms with Crippen molar-refractivity contribution in [3.63, 3.8) is 0 Å². The summed E-state index contributed by atoms with van der Waals surface area (Å²) in [6, 6.07) is 8.43. The average molecular weight is 310 g/mol. The van der Waals surface area contributed by atoms with Gasteiger partial charge in [-0.15, -0.1) is 0 Å². The minimum Gasteiger partial charge on any atom is -0.314 e. The van der Waals surface area contributed by atoms with Gasteiger partial charge in [0, 0.05) is 13.1 Å². The number of rotatable bonds is 9. The molecule has 1 aliphatic rings. The summed E-state index contributed by atoms with van der Waals surface area (Å²) in [6.45, 7) is 3.01. The van der Waals surface area contributed by atoms with Crippen LogP contribution in [0.5, 0.6) is 0 Å². The third-order valence-electron chi connectivity index (χ3n) is 3.96. The van der Waals surface area contributed by atoms with Gasteiger partial charge in [0.25, 0.3) is 0 Å². The van der Waals surface area contributed by atoms with Crippen LogP contribution >= 0.6 is 0 Å². The molecule has 0 saturated heterocycles. The highest BCUT2D eigenvalue weighted by Gasteiger charge is 2.20. The molecule has 118 valence electrons. The zero-order valence-corrected chi connectivity index (χ0v) is 13.8. The van der Waals surface area contributed by atoms with E-state index in [0.717, 1.165) is 25.1 Å². The predicted molar refractivity (Wildman–Crippen MR) is 88.3 cm³/mol. The third-order valence-corrected chi connectivity index (χ3v) is 5.81. The Morgan fingerprint density at radius 1 is 1.19 bits per heavy atom. The van der Waals surface area contributed by atoms with E-state index in [1.807, 2.05) is 24.3 Å². The topological polar surface area (TPSA) is 49.4 Å². The second kappa shape index (κ2) is 7.27. The third kappa shape index (κ3) is 5.00. The molecule has 0 unspecified atom stereocenters. The molecule has 1 aromatic rings. The van der Waals surface area contributed by atoms with E-state index in [0.29, 0.717) is 12.5 Å². The molecular formula is C16H26N2O2S. The second-order valence-corrected chi connectivity index (χ2v) is 7.86. The lowest BCUT2D eigenvalue weighted by molar-refractivity contribution is 0.584. The monoisotopic (exact) mass is 310 g/mol. The maximum absolute atomic E-state index is 12.3. The van der Waals surface area contributed by atoms with Gasteiger partial charge in [-0.2, -0.15) is 0 Å². The van der Waals surface area contributed by atoms with Gasteiger partial charge >= 0.3 is 0 Å². The normalized spacial score (nSPS) is 15.1. The largest absolute Gasteiger partial charge is 0.314 e. The molecule has 21 heavy (non-hydrogen) atoms. The molecule has 1 fully saturated rings. The van der Waals surface area contributed by atoms with Crippen LogP contribution < -0.4 is 9.62 Å². The number of sulfonamides is 1. The quantitative estimate of drug-likeness (QED) is 0.713. The number of benzene rings is 1. The molecule has 1 N–H and O–H groups in total. The second-order valence-electron chi connectivity index (χ2n) is 5.74. The summed E-state index contributed by atoms with van der Waals surface area (Å²) in [5.41, 5.74) is 1.96. The fraction of sp³-hybridized carbons (Fsp3) is 0.625. The first-order valence-corrected chi connectivity index (χ1v) is 9.43. The van der Waals surface area contributed by atoms with Crippen molar-refractivity contribution in [3.8, 4) is 0 Å². The van der Waals surface area contributed by atoms with Crippen molar-refractivity contribution in [2.24, 2.45) is 0 Å². The van der Waals surface area contributed by atoms with E-state index in [-0.39, 0.29) is 5.75 Å². The average Bonchev–Trinajstić information content (AvgIpc) is 3.30. The molecule has 1 aromatic carbocycles. The lowest BCUT2D eigenvalue weighted by Gasteiger charge is -2.19. The summed E-state index contributed by atoms with van der Waals surface area (Å²) in [5.74, 6) is 0.214.